The Bertz CT molecular complexity index is 468. The molecule has 5 nitrogen and oxygen atoms in total. The molecule has 2 N–H and O–H groups in total. The van der Waals surface area contributed by atoms with Crippen LogP contribution in [0.25, 0.3) is 0 Å². The molecule has 18 heavy (non-hydrogen) atoms. The molecule has 0 heterocycles. The maximum absolute atomic E-state index is 11.2. The summed E-state index contributed by atoms with van der Waals surface area (Å²) in [6, 6.07) is 6.99. The Labute approximate surface area is 111 Å². The average Bonchev–Trinajstić information content (AvgIpc) is 2.34. The van der Waals surface area contributed by atoms with Crippen molar-refractivity contribution in [1.82, 2.24) is 10.2 Å². The summed E-state index contributed by atoms with van der Waals surface area (Å²) in [5, 5.41) is 15.0. The molecule has 0 saturated carbocycles. The number of anilines is 1. The molecular weight excluding hydrogens is 252 g/mol. The minimum Gasteiger partial charge on any atom is -0.383 e. The van der Waals surface area contributed by atoms with Gasteiger partial charge in [0.1, 0.15) is 6.07 Å². The molecule has 0 unspecified atom stereocenters. The monoisotopic (exact) mass is 266 g/mol. The molecule has 0 aliphatic carbocycles. The number of hydrogen-bond acceptors (Lipinski definition) is 3. The molecule has 6 heteroatoms. The zero-order valence-corrected chi connectivity index (χ0v) is 11.1. The molecule has 0 spiro atoms. The van der Waals surface area contributed by atoms with Crippen molar-refractivity contribution in [2.75, 3.05) is 32.5 Å². The molecule has 1 rings (SSSR count). The van der Waals surface area contributed by atoms with Crippen molar-refractivity contribution in [2.24, 2.45) is 0 Å². The quantitative estimate of drug-likeness (QED) is 0.818. The Hall–Kier alpha value is -1.93. The van der Waals surface area contributed by atoms with Crippen LogP contribution in [0.15, 0.2) is 18.2 Å². The van der Waals surface area contributed by atoms with Gasteiger partial charge in [0.2, 0.25) is 0 Å². The van der Waals surface area contributed by atoms with Crippen LogP contribution < -0.4 is 10.6 Å². The molecule has 0 atom stereocenters. The van der Waals surface area contributed by atoms with Gasteiger partial charge in [-0.1, -0.05) is 11.6 Å². The minimum atomic E-state index is -0.130. The predicted octanol–water partition coefficient (Wildman–Crippen LogP) is 1.89. The van der Waals surface area contributed by atoms with Gasteiger partial charge in [0.15, 0.2) is 0 Å². The van der Waals surface area contributed by atoms with Gasteiger partial charge in [0.05, 0.1) is 10.6 Å². The topological polar surface area (TPSA) is 68.2 Å². The van der Waals surface area contributed by atoms with Gasteiger partial charge in [0.25, 0.3) is 0 Å². The number of carbonyl (C=O) groups excluding carboxylic acids is 1. The molecule has 0 radical (unpaired) electrons. The smallest absolute Gasteiger partial charge is 0.316 e. The summed E-state index contributed by atoms with van der Waals surface area (Å²) in [7, 11) is 3.37. The second-order valence-corrected chi connectivity index (χ2v) is 4.27. The largest absolute Gasteiger partial charge is 0.383 e. The third-order valence-corrected chi connectivity index (χ3v) is 2.54. The van der Waals surface area contributed by atoms with Crippen LogP contribution in [0.4, 0.5) is 10.5 Å². The number of nitrogens with one attached hydrogen (secondary N) is 2. The van der Waals surface area contributed by atoms with Crippen molar-refractivity contribution in [2.45, 2.75) is 0 Å². The normalized spacial score (nSPS) is 9.44. The maximum Gasteiger partial charge on any atom is 0.316 e. The second kappa shape index (κ2) is 6.72. The van der Waals surface area contributed by atoms with E-state index in [-0.39, 0.29) is 6.03 Å². The Morgan fingerprint density at radius 2 is 2.17 bits per heavy atom. The lowest BCUT2D eigenvalue weighted by Gasteiger charge is -2.12. The van der Waals surface area contributed by atoms with E-state index in [9.17, 15) is 4.79 Å². The Balaban J connectivity index is 2.39. The number of carbonyl (C=O) groups is 1. The number of halogens is 1. The van der Waals surface area contributed by atoms with Crippen molar-refractivity contribution < 1.29 is 4.79 Å². The van der Waals surface area contributed by atoms with E-state index in [1.54, 1.807) is 32.3 Å². The summed E-state index contributed by atoms with van der Waals surface area (Å²) in [5.41, 5.74) is 1.27. The molecule has 0 aliphatic heterocycles. The third-order valence-electron chi connectivity index (χ3n) is 2.23. The average molecular weight is 267 g/mol. The molecule has 0 aromatic heterocycles. The SMILES string of the molecule is CN(C)C(=O)NCCNc1ccc(C#N)c(Cl)c1. The first-order chi connectivity index (χ1) is 8.54. The van der Waals surface area contributed by atoms with Crippen molar-refractivity contribution in [3.05, 3.63) is 28.8 Å². The lowest BCUT2D eigenvalue weighted by Crippen LogP contribution is -2.37. The standard InChI is InChI=1S/C12H15ClN4O/c1-17(2)12(18)16-6-5-15-10-4-3-9(8-14)11(13)7-10/h3-4,7,15H,5-6H2,1-2H3,(H,16,18). The maximum atomic E-state index is 11.2. The van der Waals surface area contributed by atoms with E-state index in [1.165, 1.54) is 4.90 Å². The number of amides is 2. The van der Waals surface area contributed by atoms with Crippen LogP contribution in [0.2, 0.25) is 5.02 Å². The van der Waals surface area contributed by atoms with Crippen LogP contribution in [0.3, 0.4) is 0 Å². The summed E-state index contributed by atoms with van der Waals surface area (Å²) < 4.78 is 0. The second-order valence-electron chi connectivity index (χ2n) is 3.86. The highest BCUT2D eigenvalue weighted by Crippen LogP contribution is 2.19. The molecule has 0 bridgehead atoms. The summed E-state index contributed by atoms with van der Waals surface area (Å²) in [5.74, 6) is 0. The highest BCUT2D eigenvalue weighted by atomic mass is 35.5. The third kappa shape index (κ3) is 4.15. The summed E-state index contributed by atoms with van der Waals surface area (Å²) >= 11 is 5.90. The van der Waals surface area contributed by atoms with Crippen molar-refractivity contribution >= 4 is 23.3 Å². The van der Waals surface area contributed by atoms with Gasteiger partial charge in [-0.2, -0.15) is 5.26 Å². The fraction of sp³-hybridized carbons (Fsp3) is 0.333. The number of nitriles is 1. The van der Waals surface area contributed by atoms with Crippen LogP contribution in [0, 0.1) is 11.3 Å². The first-order valence-electron chi connectivity index (χ1n) is 5.43. The highest BCUT2D eigenvalue weighted by Gasteiger charge is 2.02. The van der Waals surface area contributed by atoms with Crippen molar-refractivity contribution in [1.29, 1.82) is 5.26 Å². The molecule has 0 fully saturated rings. The van der Waals surface area contributed by atoms with Crippen LogP contribution in [-0.4, -0.2) is 38.1 Å². The predicted molar refractivity (Wildman–Crippen MR) is 71.7 cm³/mol. The summed E-state index contributed by atoms with van der Waals surface area (Å²) in [6.45, 7) is 1.09. The van der Waals surface area contributed by atoms with Gasteiger partial charge < -0.3 is 15.5 Å². The van der Waals surface area contributed by atoms with E-state index < -0.39 is 0 Å². The minimum absolute atomic E-state index is 0.130. The number of rotatable bonds is 4. The summed E-state index contributed by atoms with van der Waals surface area (Å²) in [6.07, 6.45) is 0. The van der Waals surface area contributed by atoms with Crippen LogP contribution in [0.5, 0.6) is 0 Å². The first-order valence-corrected chi connectivity index (χ1v) is 5.81. The lowest BCUT2D eigenvalue weighted by atomic mass is 10.2. The van der Waals surface area contributed by atoms with Gasteiger partial charge in [-0.05, 0) is 18.2 Å². The summed E-state index contributed by atoms with van der Waals surface area (Å²) in [4.78, 5) is 12.7. The van der Waals surface area contributed by atoms with Crippen LogP contribution in [-0.2, 0) is 0 Å². The van der Waals surface area contributed by atoms with Crippen molar-refractivity contribution in [3.8, 4) is 6.07 Å². The fourth-order valence-corrected chi connectivity index (χ4v) is 1.47. The number of benzene rings is 1. The number of urea groups is 1. The zero-order chi connectivity index (χ0) is 13.5. The molecule has 1 aromatic rings. The van der Waals surface area contributed by atoms with Crippen LogP contribution >= 0.6 is 11.6 Å². The van der Waals surface area contributed by atoms with E-state index in [0.29, 0.717) is 23.7 Å². The number of nitrogens with zero attached hydrogens (tertiary/aromatic N) is 2. The van der Waals surface area contributed by atoms with Crippen LogP contribution in [0.1, 0.15) is 5.56 Å². The fourth-order valence-electron chi connectivity index (χ4n) is 1.25. The lowest BCUT2D eigenvalue weighted by molar-refractivity contribution is 0.218. The Morgan fingerprint density at radius 3 is 2.72 bits per heavy atom. The molecule has 0 saturated heterocycles. The molecule has 0 aliphatic rings. The van der Waals surface area contributed by atoms with Gasteiger partial charge in [-0.25, -0.2) is 4.79 Å². The molecule has 96 valence electrons. The van der Waals surface area contributed by atoms with E-state index in [2.05, 4.69) is 10.6 Å². The molecule has 1 aromatic carbocycles. The van der Waals surface area contributed by atoms with Crippen molar-refractivity contribution in [3.63, 3.8) is 0 Å². The van der Waals surface area contributed by atoms with Gasteiger partial charge in [-0.15, -0.1) is 0 Å². The first kappa shape index (κ1) is 14.1. The molecule has 2 amide bonds. The Kier molecular flexibility index (Phi) is 5.28. The highest BCUT2D eigenvalue weighted by molar-refractivity contribution is 6.32. The van der Waals surface area contributed by atoms with E-state index in [1.807, 2.05) is 6.07 Å². The van der Waals surface area contributed by atoms with E-state index in [0.717, 1.165) is 5.69 Å². The van der Waals surface area contributed by atoms with E-state index >= 15 is 0 Å². The van der Waals surface area contributed by atoms with Gasteiger partial charge in [0, 0.05) is 32.9 Å². The Morgan fingerprint density at radius 1 is 1.44 bits per heavy atom. The van der Waals surface area contributed by atoms with E-state index in [4.69, 9.17) is 16.9 Å². The molecular formula is C12H15ClN4O. The van der Waals surface area contributed by atoms with Gasteiger partial charge >= 0.3 is 6.03 Å². The number of hydrogen-bond donors (Lipinski definition) is 2. The zero-order valence-electron chi connectivity index (χ0n) is 10.3. The van der Waals surface area contributed by atoms with Gasteiger partial charge in [-0.3, -0.25) is 0 Å².